The zero-order valence-corrected chi connectivity index (χ0v) is 10.1. The van der Waals surface area contributed by atoms with Gasteiger partial charge in [-0.1, -0.05) is 6.92 Å². The molecule has 0 fully saturated rings. The van der Waals surface area contributed by atoms with E-state index in [0.29, 0.717) is 6.54 Å². The lowest BCUT2D eigenvalue weighted by atomic mass is 10.2. The van der Waals surface area contributed by atoms with Gasteiger partial charge in [0, 0.05) is 11.4 Å². The van der Waals surface area contributed by atoms with Crippen LogP contribution < -0.4 is 5.32 Å². The van der Waals surface area contributed by atoms with E-state index in [9.17, 15) is 4.79 Å². The monoisotopic (exact) mass is 227 g/mol. The molecule has 0 aliphatic carbocycles. The highest BCUT2D eigenvalue weighted by molar-refractivity contribution is 7.14. The van der Waals surface area contributed by atoms with Crippen molar-refractivity contribution >= 4 is 17.2 Å². The maximum Gasteiger partial charge on any atom is 0.261 e. The Kier molecular flexibility index (Phi) is 4.29. The topological polar surface area (TPSA) is 49.3 Å². The van der Waals surface area contributed by atoms with Gasteiger partial charge in [-0.15, -0.1) is 11.3 Å². The van der Waals surface area contributed by atoms with Crippen molar-refractivity contribution in [2.24, 2.45) is 0 Å². The van der Waals surface area contributed by atoms with Crippen molar-refractivity contribution in [3.8, 4) is 0 Å². The van der Waals surface area contributed by atoms with Crippen LogP contribution in [0, 0.1) is 6.92 Å². The van der Waals surface area contributed by atoms with Crippen molar-refractivity contribution in [3.05, 3.63) is 21.4 Å². The van der Waals surface area contributed by atoms with Gasteiger partial charge in [-0.2, -0.15) is 0 Å². The van der Waals surface area contributed by atoms with E-state index in [1.54, 1.807) is 6.92 Å². The summed E-state index contributed by atoms with van der Waals surface area (Å²) < 4.78 is 0. The molecule has 1 atom stereocenters. The number of hydrogen-bond donors (Lipinski definition) is 2. The van der Waals surface area contributed by atoms with Gasteiger partial charge in [0.1, 0.15) is 0 Å². The number of carbonyl (C=O) groups is 1. The molecule has 15 heavy (non-hydrogen) atoms. The molecule has 0 saturated heterocycles. The molecular weight excluding hydrogens is 210 g/mol. The predicted octanol–water partition coefficient (Wildman–Crippen LogP) is 1.73. The lowest BCUT2D eigenvalue weighted by molar-refractivity contribution is 0.0928. The fourth-order valence-corrected chi connectivity index (χ4v) is 2.34. The average molecular weight is 227 g/mol. The van der Waals surface area contributed by atoms with E-state index in [1.807, 2.05) is 13.0 Å². The van der Waals surface area contributed by atoms with Gasteiger partial charge in [0.2, 0.25) is 0 Å². The van der Waals surface area contributed by atoms with Crippen LogP contribution in [0.25, 0.3) is 0 Å². The van der Waals surface area contributed by atoms with E-state index < -0.39 is 6.10 Å². The minimum atomic E-state index is -0.499. The highest BCUT2D eigenvalue weighted by Crippen LogP contribution is 2.22. The molecule has 2 N–H and O–H groups in total. The van der Waals surface area contributed by atoms with Crippen LogP contribution in [-0.2, 0) is 6.42 Å². The molecule has 3 nitrogen and oxygen atoms in total. The van der Waals surface area contributed by atoms with E-state index in [4.69, 9.17) is 5.11 Å². The lowest BCUT2D eigenvalue weighted by Gasteiger charge is -2.04. The van der Waals surface area contributed by atoms with E-state index in [-0.39, 0.29) is 5.91 Å². The Morgan fingerprint density at radius 1 is 1.67 bits per heavy atom. The van der Waals surface area contributed by atoms with Crippen LogP contribution in [0.15, 0.2) is 6.07 Å². The van der Waals surface area contributed by atoms with E-state index >= 15 is 0 Å². The second-order valence-electron chi connectivity index (χ2n) is 3.63. The van der Waals surface area contributed by atoms with Gasteiger partial charge in [0.25, 0.3) is 5.91 Å². The maximum atomic E-state index is 11.6. The van der Waals surface area contributed by atoms with Crippen LogP contribution in [-0.4, -0.2) is 23.7 Å². The normalized spacial score (nSPS) is 12.5. The summed E-state index contributed by atoms with van der Waals surface area (Å²) in [4.78, 5) is 13.6. The lowest BCUT2D eigenvalue weighted by Crippen LogP contribution is -2.29. The van der Waals surface area contributed by atoms with Gasteiger partial charge < -0.3 is 10.4 Å². The summed E-state index contributed by atoms with van der Waals surface area (Å²) >= 11 is 1.53. The summed E-state index contributed by atoms with van der Waals surface area (Å²) in [5.41, 5.74) is 1.17. The third-order valence-electron chi connectivity index (χ3n) is 2.12. The van der Waals surface area contributed by atoms with E-state index in [0.717, 1.165) is 11.3 Å². The van der Waals surface area contributed by atoms with E-state index in [2.05, 4.69) is 12.2 Å². The van der Waals surface area contributed by atoms with Gasteiger partial charge in [-0.05, 0) is 31.9 Å². The third-order valence-corrected chi connectivity index (χ3v) is 3.50. The molecule has 1 heterocycles. The Bertz CT molecular complexity index is 344. The molecule has 1 aromatic heterocycles. The van der Waals surface area contributed by atoms with Crippen molar-refractivity contribution in [1.29, 1.82) is 0 Å². The van der Waals surface area contributed by atoms with Gasteiger partial charge >= 0.3 is 0 Å². The molecule has 0 saturated carbocycles. The van der Waals surface area contributed by atoms with Crippen molar-refractivity contribution in [2.75, 3.05) is 6.54 Å². The first-order chi connectivity index (χ1) is 7.04. The number of hydrogen-bond acceptors (Lipinski definition) is 3. The number of aryl methyl sites for hydroxylation is 2. The van der Waals surface area contributed by atoms with Gasteiger partial charge in [0.15, 0.2) is 0 Å². The van der Waals surface area contributed by atoms with Crippen LogP contribution in [0.1, 0.15) is 34.0 Å². The molecule has 0 aromatic carbocycles. The zero-order chi connectivity index (χ0) is 11.4. The van der Waals surface area contributed by atoms with Gasteiger partial charge in [-0.3, -0.25) is 4.79 Å². The summed E-state index contributed by atoms with van der Waals surface area (Å²) in [6.45, 7) is 6.05. The summed E-state index contributed by atoms with van der Waals surface area (Å²) in [6.07, 6.45) is 0.459. The quantitative estimate of drug-likeness (QED) is 0.823. The standard InChI is InChI=1S/C11H17NO2S/c1-4-9-7(2)5-10(15-9)11(14)12-6-8(3)13/h5,8,13H,4,6H2,1-3H3,(H,12,14). The Hall–Kier alpha value is -0.870. The van der Waals surface area contributed by atoms with Crippen LogP contribution >= 0.6 is 11.3 Å². The second kappa shape index (κ2) is 5.28. The number of thiophene rings is 1. The Morgan fingerprint density at radius 3 is 2.80 bits per heavy atom. The average Bonchev–Trinajstić information content (AvgIpc) is 2.56. The van der Waals surface area contributed by atoms with Crippen molar-refractivity contribution in [1.82, 2.24) is 5.32 Å². The Labute approximate surface area is 94.1 Å². The van der Waals surface area contributed by atoms with E-state index in [1.165, 1.54) is 21.8 Å². The van der Waals surface area contributed by atoms with Crippen LogP contribution in [0.4, 0.5) is 0 Å². The molecule has 0 radical (unpaired) electrons. The highest BCUT2D eigenvalue weighted by atomic mass is 32.1. The molecular formula is C11H17NO2S. The first-order valence-corrected chi connectivity index (χ1v) is 5.91. The number of aliphatic hydroxyl groups excluding tert-OH is 1. The first kappa shape index (κ1) is 12.2. The molecule has 1 amide bonds. The molecule has 1 aromatic rings. The van der Waals surface area contributed by atoms with Crippen LogP contribution in [0.2, 0.25) is 0 Å². The summed E-state index contributed by atoms with van der Waals surface area (Å²) in [6, 6.07) is 1.90. The number of amides is 1. The minimum Gasteiger partial charge on any atom is -0.392 e. The Balaban J connectivity index is 2.66. The fourth-order valence-electron chi connectivity index (χ4n) is 1.31. The summed E-state index contributed by atoms with van der Waals surface area (Å²) in [7, 11) is 0. The van der Waals surface area contributed by atoms with Crippen molar-refractivity contribution in [3.63, 3.8) is 0 Å². The Morgan fingerprint density at radius 2 is 2.33 bits per heavy atom. The number of rotatable bonds is 4. The molecule has 0 aliphatic rings. The molecule has 4 heteroatoms. The van der Waals surface area contributed by atoms with Crippen LogP contribution in [0.3, 0.4) is 0 Å². The third kappa shape index (κ3) is 3.32. The predicted molar refractivity (Wildman–Crippen MR) is 62.4 cm³/mol. The number of nitrogens with one attached hydrogen (secondary N) is 1. The SMILES string of the molecule is CCc1sc(C(=O)NCC(C)O)cc1C. The fraction of sp³-hybridized carbons (Fsp3) is 0.545. The van der Waals surface area contributed by atoms with Crippen LogP contribution in [0.5, 0.6) is 0 Å². The smallest absolute Gasteiger partial charge is 0.261 e. The first-order valence-electron chi connectivity index (χ1n) is 5.10. The summed E-state index contributed by atoms with van der Waals surface area (Å²) in [5, 5.41) is 11.7. The molecule has 1 rings (SSSR count). The largest absolute Gasteiger partial charge is 0.392 e. The maximum absolute atomic E-state index is 11.6. The molecule has 0 bridgehead atoms. The molecule has 84 valence electrons. The zero-order valence-electron chi connectivity index (χ0n) is 9.33. The number of carbonyl (C=O) groups excluding carboxylic acids is 1. The molecule has 0 aliphatic heterocycles. The van der Waals surface area contributed by atoms with Crippen molar-refractivity contribution in [2.45, 2.75) is 33.3 Å². The van der Waals surface area contributed by atoms with Gasteiger partial charge in [-0.25, -0.2) is 0 Å². The molecule has 0 spiro atoms. The summed E-state index contributed by atoms with van der Waals surface area (Å²) in [5.74, 6) is -0.0938. The minimum absolute atomic E-state index is 0.0938. The highest BCUT2D eigenvalue weighted by Gasteiger charge is 2.11. The second-order valence-corrected chi connectivity index (χ2v) is 4.77. The van der Waals surface area contributed by atoms with Gasteiger partial charge in [0.05, 0.1) is 11.0 Å². The van der Waals surface area contributed by atoms with Crippen molar-refractivity contribution < 1.29 is 9.90 Å². The molecule has 1 unspecified atom stereocenters. The number of aliphatic hydroxyl groups is 1.